The fourth-order valence-electron chi connectivity index (χ4n) is 3.56. The molecule has 0 bridgehead atoms. The van der Waals surface area contributed by atoms with Crippen LogP contribution in [-0.4, -0.2) is 85.6 Å². The number of carbonyl (C=O) groups is 8. The third-order valence-electron chi connectivity index (χ3n) is 6.07. The predicted molar refractivity (Wildman–Crippen MR) is 148 cm³/mol. The van der Waals surface area contributed by atoms with Crippen LogP contribution in [0.25, 0.3) is 0 Å². The van der Waals surface area contributed by atoms with Crippen molar-refractivity contribution in [2.45, 2.75) is 70.8 Å². The number of alkyl carbamates (subject to hydrolysis) is 1. The van der Waals surface area contributed by atoms with E-state index in [9.17, 15) is 42.7 Å². The molecule has 0 spiro atoms. The second kappa shape index (κ2) is 18.7. The second-order valence-corrected chi connectivity index (χ2v) is 9.78. The third kappa shape index (κ3) is 13.2. The van der Waals surface area contributed by atoms with Gasteiger partial charge in [-0.05, 0) is 24.8 Å². The molecule has 43 heavy (non-hydrogen) atoms. The number of rotatable bonds is 18. The Hall–Kier alpha value is -4.69. The average Bonchev–Trinajstić information content (AvgIpc) is 2.99. The summed E-state index contributed by atoms with van der Waals surface area (Å²) in [6.07, 6.45) is -2.26. The molecule has 236 valence electrons. The van der Waals surface area contributed by atoms with Gasteiger partial charge in [-0.3, -0.25) is 33.6 Å². The lowest BCUT2D eigenvalue weighted by Crippen LogP contribution is -2.59. The van der Waals surface area contributed by atoms with Gasteiger partial charge in [0, 0.05) is 6.42 Å². The van der Waals surface area contributed by atoms with Crippen LogP contribution in [0.4, 0.5) is 9.18 Å². The number of aldehydes is 1. The Labute approximate surface area is 247 Å². The summed E-state index contributed by atoms with van der Waals surface area (Å²) in [6.45, 7) is 2.89. The number of amides is 4. The highest BCUT2D eigenvalue weighted by Crippen LogP contribution is 2.08. The van der Waals surface area contributed by atoms with Crippen LogP contribution < -0.4 is 21.3 Å². The van der Waals surface area contributed by atoms with Crippen LogP contribution in [0.2, 0.25) is 0 Å². The predicted octanol–water partition coefficient (Wildman–Crippen LogP) is 0.0616. The SMILES string of the molecule is COC(=O)C[C@H](NC(=O)[C@@H](NC(=O)[C@H](CCC(=O)C=O)NC(=O)[C@H](C)NC(=O)OCc1ccccc1)C(C)C)C(=O)CF. The molecule has 0 aromatic heterocycles. The Morgan fingerprint density at radius 3 is 2.05 bits per heavy atom. The van der Waals surface area contributed by atoms with Crippen molar-refractivity contribution in [1.82, 2.24) is 21.3 Å². The Morgan fingerprint density at radius 2 is 1.49 bits per heavy atom. The summed E-state index contributed by atoms with van der Waals surface area (Å²) in [5.74, 6) is -6.12. The first kappa shape index (κ1) is 36.3. The van der Waals surface area contributed by atoms with E-state index in [0.717, 1.165) is 7.11 Å². The summed E-state index contributed by atoms with van der Waals surface area (Å²) in [7, 11) is 1.05. The molecular weight excluding hydrogens is 571 g/mol. The number of hydrogen-bond acceptors (Lipinski definition) is 10. The van der Waals surface area contributed by atoms with Gasteiger partial charge in [-0.25, -0.2) is 9.18 Å². The van der Waals surface area contributed by atoms with E-state index in [4.69, 9.17) is 4.74 Å². The van der Waals surface area contributed by atoms with Crippen molar-refractivity contribution in [2.24, 2.45) is 5.92 Å². The van der Waals surface area contributed by atoms with Crippen molar-refractivity contribution >= 4 is 47.6 Å². The van der Waals surface area contributed by atoms with E-state index in [0.29, 0.717) is 5.56 Å². The van der Waals surface area contributed by atoms with Crippen molar-refractivity contribution in [2.75, 3.05) is 13.8 Å². The molecule has 1 rings (SSSR count). The summed E-state index contributed by atoms with van der Waals surface area (Å²) in [5.41, 5.74) is 0.709. The van der Waals surface area contributed by atoms with Crippen LogP contribution in [0, 0.1) is 5.92 Å². The number of carbonyl (C=O) groups excluding carboxylic acids is 8. The monoisotopic (exact) mass is 608 g/mol. The first-order valence-electron chi connectivity index (χ1n) is 13.3. The molecule has 4 amide bonds. The van der Waals surface area contributed by atoms with Crippen LogP contribution in [0.5, 0.6) is 0 Å². The van der Waals surface area contributed by atoms with Crippen molar-refractivity contribution < 1.29 is 52.2 Å². The number of nitrogens with one attached hydrogen (secondary N) is 4. The fraction of sp³-hybridized carbons (Fsp3) is 0.500. The number of benzene rings is 1. The Bertz CT molecular complexity index is 1160. The normalized spacial score (nSPS) is 13.3. The molecule has 0 saturated heterocycles. The Balaban J connectivity index is 2.97. The number of alkyl halides is 1. The first-order valence-corrected chi connectivity index (χ1v) is 13.3. The van der Waals surface area contributed by atoms with E-state index in [1.165, 1.54) is 6.92 Å². The summed E-state index contributed by atoms with van der Waals surface area (Å²) in [6, 6.07) is 3.24. The summed E-state index contributed by atoms with van der Waals surface area (Å²) in [5, 5.41) is 9.33. The molecule has 0 radical (unpaired) electrons. The van der Waals surface area contributed by atoms with Crippen LogP contribution in [0.3, 0.4) is 0 Å². The molecule has 0 heterocycles. The Kier molecular flexibility index (Phi) is 15.8. The molecule has 0 unspecified atom stereocenters. The smallest absolute Gasteiger partial charge is 0.408 e. The molecule has 1 aromatic rings. The van der Waals surface area contributed by atoms with Gasteiger partial charge in [-0.15, -0.1) is 0 Å². The van der Waals surface area contributed by atoms with E-state index in [2.05, 4.69) is 26.0 Å². The van der Waals surface area contributed by atoms with Crippen LogP contribution in [-0.2, 0) is 49.6 Å². The zero-order valence-corrected chi connectivity index (χ0v) is 24.3. The molecule has 15 heteroatoms. The molecule has 0 aliphatic carbocycles. The molecule has 1 aromatic carbocycles. The lowest BCUT2D eigenvalue weighted by molar-refractivity contribution is -0.143. The van der Waals surface area contributed by atoms with Crippen molar-refractivity contribution in [1.29, 1.82) is 0 Å². The summed E-state index contributed by atoms with van der Waals surface area (Å²) < 4.78 is 22.6. The van der Waals surface area contributed by atoms with Crippen LogP contribution in [0.15, 0.2) is 30.3 Å². The fourth-order valence-corrected chi connectivity index (χ4v) is 3.56. The van der Waals surface area contributed by atoms with Gasteiger partial charge < -0.3 is 30.7 Å². The molecule has 14 nitrogen and oxygen atoms in total. The first-order chi connectivity index (χ1) is 20.3. The molecule has 0 aliphatic rings. The number of methoxy groups -OCH3 is 1. The largest absolute Gasteiger partial charge is 0.469 e. The molecule has 4 N–H and O–H groups in total. The number of Topliss-reactive ketones (excluding diaryl/α,β-unsaturated/α-hetero) is 2. The molecule has 0 saturated carbocycles. The van der Waals surface area contributed by atoms with Gasteiger partial charge in [-0.2, -0.15) is 0 Å². The third-order valence-corrected chi connectivity index (χ3v) is 6.07. The highest BCUT2D eigenvalue weighted by atomic mass is 19.1. The maximum Gasteiger partial charge on any atom is 0.408 e. The van der Waals surface area contributed by atoms with Crippen LogP contribution >= 0.6 is 0 Å². The summed E-state index contributed by atoms with van der Waals surface area (Å²) >= 11 is 0. The quantitative estimate of drug-likeness (QED) is 0.100. The standard InChI is InChI=1S/C28H37FN4O10/c1-16(2)24(27(40)32-21(22(36)13-29)12-23(37)42-4)33-26(39)20(11-10-19(35)14-34)31-25(38)17(3)30-28(41)43-15-18-8-6-5-7-9-18/h5-9,14,16-17,20-21,24H,10-13,15H2,1-4H3,(H,30,41)(H,31,38)(H,32,40)(H,33,39)/t17-,20-,21-,24-/m0/s1. The van der Waals surface area contributed by atoms with Crippen molar-refractivity contribution in [3.05, 3.63) is 35.9 Å². The maximum atomic E-state index is 13.2. The zero-order valence-electron chi connectivity index (χ0n) is 24.3. The lowest BCUT2D eigenvalue weighted by Gasteiger charge is -2.27. The average molecular weight is 609 g/mol. The van der Waals surface area contributed by atoms with Gasteiger partial charge >= 0.3 is 12.1 Å². The minimum atomic E-state index is -1.56. The van der Waals surface area contributed by atoms with E-state index in [1.54, 1.807) is 44.2 Å². The zero-order chi connectivity index (χ0) is 32.5. The Morgan fingerprint density at radius 1 is 0.860 bits per heavy atom. The molecule has 4 atom stereocenters. The van der Waals surface area contributed by atoms with E-state index < -0.39 is 91.0 Å². The molecule has 0 fully saturated rings. The van der Waals surface area contributed by atoms with Crippen molar-refractivity contribution in [3.63, 3.8) is 0 Å². The van der Waals surface area contributed by atoms with E-state index >= 15 is 0 Å². The van der Waals surface area contributed by atoms with Gasteiger partial charge in [0.2, 0.25) is 17.7 Å². The number of ketones is 2. The van der Waals surface area contributed by atoms with Gasteiger partial charge in [0.25, 0.3) is 0 Å². The van der Waals surface area contributed by atoms with Crippen molar-refractivity contribution in [3.8, 4) is 0 Å². The van der Waals surface area contributed by atoms with Gasteiger partial charge in [0.1, 0.15) is 37.4 Å². The molecular formula is C28H37FN4O10. The molecule has 0 aliphatic heterocycles. The second-order valence-electron chi connectivity index (χ2n) is 9.78. The maximum absolute atomic E-state index is 13.2. The number of esters is 1. The number of halogens is 1. The minimum absolute atomic E-state index is 0.0530. The van der Waals surface area contributed by atoms with Crippen LogP contribution in [0.1, 0.15) is 45.6 Å². The number of ether oxygens (including phenoxy) is 2. The van der Waals surface area contributed by atoms with Gasteiger partial charge in [0.15, 0.2) is 17.9 Å². The minimum Gasteiger partial charge on any atom is -0.469 e. The highest BCUT2D eigenvalue weighted by Gasteiger charge is 2.33. The van der Waals surface area contributed by atoms with E-state index in [-0.39, 0.29) is 19.3 Å². The van der Waals surface area contributed by atoms with Gasteiger partial charge in [0.05, 0.1) is 13.5 Å². The van der Waals surface area contributed by atoms with E-state index in [1.807, 2.05) is 0 Å². The topological polar surface area (TPSA) is 203 Å². The summed E-state index contributed by atoms with van der Waals surface area (Å²) in [4.78, 5) is 97.1. The lowest BCUT2D eigenvalue weighted by atomic mass is 10.0. The number of hydrogen-bond donors (Lipinski definition) is 4. The van der Waals surface area contributed by atoms with Gasteiger partial charge in [-0.1, -0.05) is 44.2 Å². The highest BCUT2D eigenvalue weighted by molar-refractivity contribution is 6.24.